The first-order valence-corrected chi connectivity index (χ1v) is 23.1. The van der Waals surface area contributed by atoms with E-state index in [0.717, 1.165) is 44.5 Å². The zero-order valence-electron chi connectivity index (χ0n) is 33.9. The molecule has 57 heavy (non-hydrogen) atoms. The molecule has 0 N–H and O–H groups in total. The van der Waals surface area contributed by atoms with Gasteiger partial charge in [-0.1, -0.05) is 164 Å². The summed E-state index contributed by atoms with van der Waals surface area (Å²) < 4.78 is 2.17. The standard InChI is InChI=1S/C53H58Br2N2/c1-3-5-7-9-11-23-37-53(38-24-12-10-8-6-4-2)47-39-43(56(41-25-15-13-16-26-41)51-31-21-19-29-49(51)54)33-35-45(47)46-36-34-44(40-48(46)53)57(42-27-17-14-18-28-42)52-32-22-20-30-50(52)55/h13-22,25-36,39-40H,3-12,23-24,37-38H2,1-2H3. The predicted molar refractivity (Wildman–Crippen MR) is 253 cm³/mol. The van der Waals surface area contributed by atoms with Crippen molar-refractivity contribution in [1.82, 2.24) is 0 Å². The Bertz CT molecular complexity index is 2020. The first-order valence-electron chi connectivity index (χ1n) is 21.5. The Balaban J connectivity index is 1.40. The van der Waals surface area contributed by atoms with Crippen molar-refractivity contribution in [3.63, 3.8) is 0 Å². The van der Waals surface area contributed by atoms with Crippen LogP contribution >= 0.6 is 31.9 Å². The second-order valence-electron chi connectivity index (χ2n) is 15.8. The van der Waals surface area contributed by atoms with Crippen LogP contribution in [0.2, 0.25) is 0 Å². The highest BCUT2D eigenvalue weighted by atomic mass is 79.9. The fraction of sp³-hybridized carbons (Fsp3) is 0.321. The molecule has 0 saturated heterocycles. The topological polar surface area (TPSA) is 6.48 Å². The largest absolute Gasteiger partial charge is 0.309 e. The summed E-state index contributed by atoms with van der Waals surface area (Å²) in [6, 6.07) is 53.7. The first-order chi connectivity index (χ1) is 28.1. The Morgan fingerprint density at radius 2 is 0.754 bits per heavy atom. The van der Waals surface area contributed by atoms with Gasteiger partial charge >= 0.3 is 0 Å². The van der Waals surface area contributed by atoms with E-state index in [0.29, 0.717) is 0 Å². The van der Waals surface area contributed by atoms with Crippen molar-refractivity contribution in [2.75, 3.05) is 9.80 Å². The number of halogens is 2. The lowest BCUT2D eigenvalue weighted by Crippen LogP contribution is -2.26. The van der Waals surface area contributed by atoms with Gasteiger partial charge in [0.2, 0.25) is 0 Å². The zero-order valence-corrected chi connectivity index (χ0v) is 37.1. The molecule has 6 aromatic rings. The van der Waals surface area contributed by atoms with E-state index >= 15 is 0 Å². The molecule has 0 radical (unpaired) electrons. The van der Waals surface area contributed by atoms with Crippen LogP contribution in [0.25, 0.3) is 11.1 Å². The SMILES string of the molecule is CCCCCCCCC1(CCCCCCCC)c2cc(N(c3ccccc3)c3ccccc3Br)ccc2-c2ccc(N(c3ccccc3)c3ccccc3Br)cc21. The number of fused-ring (bicyclic) bond motifs is 3. The lowest BCUT2D eigenvalue weighted by atomic mass is 9.70. The predicted octanol–water partition coefficient (Wildman–Crippen LogP) is 17.9. The number of hydrogen-bond donors (Lipinski definition) is 0. The molecule has 0 amide bonds. The van der Waals surface area contributed by atoms with E-state index < -0.39 is 0 Å². The number of rotatable bonds is 20. The number of anilines is 6. The van der Waals surface area contributed by atoms with Gasteiger partial charge < -0.3 is 9.80 Å². The Morgan fingerprint density at radius 1 is 0.386 bits per heavy atom. The molecule has 0 heterocycles. The molecule has 0 saturated carbocycles. The third kappa shape index (κ3) is 9.29. The normalized spacial score (nSPS) is 12.6. The van der Waals surface area contributed by atoms with Crippen LogP contribution in [0.4, 0.5) is 34.1 Å². The van der Waals surface area contributed by atoms with E-state index in [9.17, 15) is 0 Å². The Morgan fingerprint density at radius 3 is 1.16 bits per heavy atom. The minimum absolute atomic E-state index is 0.0985. The quantitative estimate of drug-likeness (QED) is 0.0705. The minimum atomic E-state index is -0.0985. The second-order valence-corrected chi connectivity index (χ2v) is 17.5. The van der Waals surface area contributed by atoms with Crippen molar-refractivity contribution >= 4 is 66.0 Å². The summed E-state index contributed by atoms with van der Waals surface area (Å²) in [6.45, 7) is 4.63. The molecule has 0 aromatic heterocycles. The van der Waals surface area contributed by atoms with Crippen LogP contribution in [-0.4, -0.2) is 0 Å². The van der Waals surface area contributed by atoms with Gasteiger partial charge in [-0.25, -0.2) is 0 Å². The maximum atomic E-state index is 3.93. The molecule has 1 aliphatic carbocycles. The average molecular weight is 883 g/mol. The van der Waals surface area contributed by atoms with Crippen molar-refractivity contribution in [1.29, 1.82) is 0 Å². The Kier molecular flexibility index (Phi) is 14.4. The third-order valence-electron chi connectivity index (χ3n) is 12.0. The maximum Gasteiger partial charge on any atom is 0.0603 e. The summed E-state index contributed by atoms with van der Waals surface area (Å²) in [6.07, 6.45) is 17.8. The van der Waals surface area contributed by atoms with E-state index in [4.69, 9.17) is 0 Å². The van der Waals surface area contributed by atoms with Gasteiger partial charge in [0.25, 0.3) is 0 Å². The van der Waals surface area contributed by atoms with E-state index in [-0.39, 0.29) is 5.41 Å². The molecule has 0 unspecified atom stereocenters. The minimum Gasteiger partial charge on any atom is -0.309 e. The average Bonchev–Trinajstić information content (AvgIpc) is 3.51. The van der Waals surface area contributed by atoms with Gasteiger partial charge in [-0.15, -0.1) is 0 Å². The molecule has 0 spiro atoms. The Hall–Kier alpha value is -4.12. The number of nitrogens with zero attached hydrogens (tertiary/aromatic N) is 2. The molecule has 0 fully saturated rings. The van der Waals surface area contributed by atoms with Gasteiger partial charge in [0.05, 0.1) is 11.4 Å². The summed E-state index contributed by atoms with van der Waals surface area (Å²) in [5, 5.41) is 0. The number of para-hydroxylation sites is 4. The molecule has 0 bridgehead atoms. The van der Waals surface area contributed by atoms with Crippen LogP contribution in [0, 0.1) is 0 Å². The molecular weight excluding hydrogens is 824 g/mol. The van der Waals surface area contributed by atoms with E-state index in [2.05, 4.69) is 201 Å². The highest BCUT2D eigenvalue weighted by Crippen LogP contribution is 2.57. The van der Waals surface area contributed by atoms with Gasteiger partial charge in [0, 0.05) is 37.1 Å². The zero-order chi connectivity index (χ0) is 39.5. The van der Waals surface area contributed by atoms with Crippen molar-refractivity contribution in [2.45, 2.75) is 109 Å². The molecule has 7 rings (SSSR count). The molecular formula is C53H58Br2N2. The second kappa shape index (κ2) is 20.0. The smallest absolute Gasteiger partial charge is 0.0603 e. The number of hydrogen-bond acceptors (Lipinski definition) is 2. The fourth-order valence-electron chi connectivity index (χ4n) is 9.10. The van der Waals surface area contributed by atoms with Gasteiger partial charge in [-0.2, -0.15) is 0 Å². The number of benzene rings is 6. The van der Waals surface area contributed by atoms with Gasteiger partial charge in [0.1, 0.15) is 0 Å². The summed E-state index contributed by atoms with van der Waals surface area (Å²) >= 11 is 7.87. The summed E-state index contributed by atoms with van der Waals surface area (Å²) in [4.78, 5) is 4.87. The molecule has 1 aliphatic rings. The van der Waals surface area contributed by atoms with Gasteiger partial charge in [-0.05, 0) is 140 Å². The Labute approximate surface area is 359 Å². The van der Waals surface area contributed by atoms with E-state index in [1.807, 2.05) is 0 Å². The monoisotopic (exact) mass is 880 g/mol. The van der Waals surface area contributed by atoms with Crippen LogP contribution in [0.15, 0.2) is 155 Å². The molecule has 4 heteroatoms. The first kappa shape index (κ1) is 41.1. The molecule has 6 aromatic carbocycles. The van der Waals surface area contributed by atoms with Crippen molar-refractivity contribution < 1.29 is 0 Å². The van der Waals surface area contributed by atoms with E-state index in [1.165, 1.54) is 111 Å². The molecule has 0 atom stereocenters. The van der Waals surface area contributed by atoms with Gasteiger partial charge in [-0.3, -0.25) is 0 Å². The van der Waals surface area contributed by atoms with Crippen LogP contribution in [-0.2, 0) is 5.41 Å². The molecule has 0 aliphatic heterocycles. The summed E-state index contributed by atoms with van der Waals surface area (Å²) in [5.74, 6) is 0. The third-order valence-corrected chi connectivity index (χ3v) is 13.3. The molecule has 2 nitrogen and oxygen atoms in total. The van der Waals surface area contributed by atoms with Crippen molar-refractivity contribution in [3.8, 4) is 11.1 Å². The highest BCUT2D eigenvalue weighted by Gasteiger charge is 2.43. The lowest BCUT2D eigenvalue weighted by molar-refractivity contribution is 0.398. The number of unbranched alkanes of at least 4 members (excludes halogenated alkanes) is 10. The van der Waals surface area contributed by atoms with Crippen LogP contribution in [0.3, 0.4) is 0 Å². The summed E-state index contributed by atoms with van der Waals surface area (Å²) in [7, 11) is 0. The van der Waals surface area contributed by atoms with Crippen LogP contribution in [0.5, 0.6) is 0 Å². The van der Waals surface area contributed by atoms with Crippen LogP contribution < -0.4 is 9.80 Å². The molecule has 294 valence electrons. The maximum absolute atomic E-state index is 3.93. The lowest BCUT2D eigenvalue weighted by Gasteiger charge is -2.35. The summed E-state index contributed by atoms with van der Waals surface area (Å²) in [5.41, 5.74) is 12.7. The fourth-order valence-corrected chi connectivity index (χ4v) is 10.0. The van der Waals surface area contributed by atoms with Crippen LogP contribution in [0.1, 0.15) is 115 Å². The van der Waals surface area contributed by atoms with Gasteiger partial charge in [0.15, 0.2) is 0 Å². The van der Waals surface area contributed by atoms with Crippen molar-refractivity contribution in [2.24, 2.45) is 0 Å². The van der Waals surface area contributed by atoms with E-state index in [1.54, 1.807) is 0 Å². The van der Waals surface area contributed by atoms with Crippen molar-refractivity contribution in [3.05, 3.63) is 166 Å². The highest BCUT2D eigenvalue weighted by molar-refractivity contribution is 9.11.